The van der Waals surface area contributed by atoms with Crippen LogP contribution in [0.3, 0.4) is 0 Å². The molecule has 1 saturated heterocycles. The number of nitrogens with zero attached hydrogens (tertiary/aromatic N) is 3. The molecule has 0 saturated carbocycles. The first-order valence-corrected chi connectivity index (χ1v) is 8.43. The number of carbonyl (C=O) groups excluding carboxylic acids is 3. The molecule has 0 unspecified atom stereocenters. The fourth-order valence-corrected chi connectivity index (χ4v) is 2.96. The van der Waals surface area contributed by atoms with E-state index in [1.54, 1.807) is 18.2 Å². The van der Waals surface area contributed by atoms with E-state index < -0.39 is 34.9 Å². The van der Waals surface area contributed by atoms with Gasteiger partial charge in [0.05, 0.1) is 16.6 Å². The van der Waals surface area contributed by atoms with E-state index in [1.165, 1.54) is 37.3 Å². The second-order valence-corrected chi connectivity index (χ2v) is 6.49. The molecule has 0 bridgehead atoms. The average molecular weight is 393 g/mol. The number of rotatable bonds is 5. The van der Waals surface area contributed by atoms with Gasteiger partial charge in [0.1, 0.15) is 12.1 Å². The van der Waals surface area contributed by atoms with E-state index in [0.29, 0.717) is 16.8 Å². The highest BCUT2D eigenvalue weighted by Gasteiger charge is 2.49. The van der Waals surface area contributed by atoms with Gasteiger partial charge in [0, 0.05) is 17.8 Å². The minimum atomic E-state index is -1.45. The van der Waals surface area contributed by atoms with Gasteiger partial charge in [0.15, 0.2) is 0 Å². The zero-order valence-electron chi connectivity index (χ0n) is 15.2. The number of amides is 4. The van der Waals surface area contributed by atoms with Crippen molar-refractivity contribution in [3.05, 3.63) is 69.8 Å². The number of urea groups is 1. The molecule has 1 fully saturated rings. The Morgan fingerprint density at radius 3 is 2.59 bits per heavy atom. The summed E-state index contributed by atoms with van der Waals surface area (Å²) < 4.78 is 0. The Kier molecular flexibility index (Phi) is 4.97. The van der Waals surface area contributed by atoms with Crippen molar-refractivity contribution < 1.29 is 19.3 Å². The number of nitro groups is 1. The summed E-state index contributed by atoms with van der Waals surface area (Å²) in [5.74, 6) is -1.27. The summed E-state index contributed by atoms with van der Waals surface area (Å²) in [6.45, 7) is 0.937. The van der Waals surface area contributed by atoms with Crippen LogP contribution in [-0.4, -0.2) is 34.2 Å². The molecule has 10 heteroatoms. The molecule has 0 radical (unpaired) electrons. The SMILES string of the molecule is C[C@@]1(c2ccc([N+](=O)[O-])cc2)NC(=O)N(CC(=O)Nc2cccc(C#N)c2)C1=O. The first kappa shape index (κ1) is 19.5. The van der Waals surface area contributed by atoms with E-state index in [2.05, 4.69) is 10.6 Å². The fraction of sp³-hybridized carbons (Fsp3) is 0.158. The molecular formula is C19H15N5O5. The summed E-state index contributed by atoms with van der Waals surface area (Å²) in [6, 6.07) is 12.6. The van der Waals surface area contributed by atoms with Gasteiger partial charge in [0.2, 0.25) is 5.91 Å². The number of hydrogen-bond acceptors (Lipinski definition) is 6. The van der Waals surface area contributed by atoms with Crippen LogP contribution in [0.1, 0.15) is 18.1 Å². The van der Waals surface area contributed by atoms with Crippen LogP contribution < -0.4 is 10.6 Å². The summed E-state index contributed by atoms with van der Waals surface area (Å²) in [5.41, 5.74) is -0.536. The van der Waals surface area contributed by atoms with Crippen LogP contribution in [0, 0.1) is 21.4 Å². The molecule has 2 aromatic rings. The normalized spacial score (nSPS) is 18.1. The third kappa shape index (κ3) is 3.74. The Labute approximate surface area is 164 Å². The molecule has 146 valence electrons. The van der Waals surface area contributed by atoms with Crippen molar-refractivity contribution in [1.82, 2.24) is 10.2 Å². The van der Waals surface area contributed by atoms with Crippen LogP contribution in [-0.2, 0) is 15.1 Å². The Bertz CT molecular complexity index is 1060. The second kappa shape index (κ2) is 7.40. The third-order valence-electron chi connectivity index (χ3n) is 4.51. The predicted molar refractivity (Wildman–Crippen MR) is 100 cm³/mol. The number of imide groups is 1. The monoisotopic (exact) mass is 393 g/mol. The van der Waals surface area contributed by atoms with Gasteiger partial charge >= 0.3 is 6.03 Å². The molecule has 0 aromatic heterocycles. The highest BCUT2D eigenvalue weighted by atomic mass is 16.6. The number of nitrogens with one attached hydrogen (secondary N) is 2. The molecule has 29 heavy (non-hydrogen) atoms. The van der Waals surface area contributed by atoms with Crippen LogP contribution in [0.15, 0.2) is 48.5 Å². The number of carbonyl (C=O) groups is 3. The number of hydrogen-bond donors (Lipinski definition) is 2. The topological polar surface area (TPSA) is 145 Å². The molecule has 1 aliphatic rings. The van der Waals surface area contributed by atoms with Crippen molar-refractivity contribution in [2.75, 3.05) is 11.9 Å². The van der Waals surface area contributed by atoms with Crippen molar-refractivity contribution in [2.45, 2.75) is 12.5 Å². The van der Waals surface area contributed by atoms with Crippen molar-refractivity contribution >= 4 is 29.2 Å². The maximum atomic E-state index is 12.8. The molecule has 2 aromatic carbocycles. The van der Waals surface area contributed by atoms with Gasteiger partial charge in [-0.3, -0.25) is 24.6 Å². The van der Waals surface area contributed by atoms with Gasteiger partial charge < -0.3 is 10.6 Å². The van der Waals surface area contributed by atoms with Gasteiger partial charge in [-0.25, -0.2) is 4.79 Å². The number of non-ortho nitro benzene ring substituents is 1. The van der Waals surface area contributed by atoms with Gasteiger partial charge in [-0.2, -0.15) is 5.26 Å². The van der Waals surface area contributed by atoms with Crippen molar-refractivity contribution in [3.8, 4) is 6.07 Å². The Morgan fingerprint density at radius 1 is 1.28 bits per heavy atom. The highest BCUT2D eigenvalue weighted by Crippen LogP contribution is 2.30. The van der Waals surface area contributed by atoms with Crippen LogP contribution in [0.25, 0.3) is 0 Å². The summed E-state index contributed by atoms with van der Waals surface area (Å²) in [7, 11) is 0. The van der Waals surface area contributed by atoms with Crippen LogP contribution >= 0.6 is 0 Å². The van der Waals surface area contributed by atoms with Gasteiger partial charge in [-0.15, -0.1) is 0 Å². The van der Waals surface area contributed by atoms with E-state index in [9.17, 15) is 24.5 Å². The summed E-state index contributed by atoms with van der Waals surface area (Å²) in [4.78, 5) is 48.4. The third-order valence-corrected chi connectivity index (χ3v) is 4.51. The molecular weight excluding hydrogens is 378 g/mol. The van der Waals surface area contributed by atoms with Crippen molar-refractivity contribution in [1.29, 1.82) is 5.26 Å². The van der Waals surface area contributed by atoms with Gasteiger partial charge in [-0.05, 0) is 42.8 Å². The number of nitriles is 1. The van der Waals surface area contributed by atoms with Gasteiger partial charge in [0.25, 0.3) is 11.6 Å². The largest absolute Gasteiger partial charge is 0.325 e. The fourth-order valence-electron chi connectivity index (χ4n) is 2.96. The zero-order valence-corrected chi connectivity index (χ0v) is 15.2. The molecule has 2 N–H and O–H groups in total. The molecule has 1 heterocycles. The lowest BCUT2D eigenvalue weighted by molar-refractivity contribution is -0.384. The van der Waals surface area contributed by atoms with Crippen molar-refractivity contribution in [2.24, 2.45) is 0 Å². The molecule has 0 spiro atoms. The summed E-state index contributed by atoms with van der Waals surface area (Å²) in [6.07, 6.45) is 0. The first-order chi connectivity index (χ1) is 13.7. The maximum absolute atomic E-state index is 12.8. The average Bonchev–Trinajstić information content (AvgIpc) is 2.92. The predicted octanol–water partition coefficient (Wildman–Crippen LogP) is 1.87. The lowest BCUT2D eigenvalue weighted by atomic mass is 9.92. The van der Waals surface area contributed by atoms with Crippen LogP contribution in [0.2, 0.25) is 0 Å². The van der Waals surface area contributed by atoms with E-state index in [-0.39, 0.29) is 5.69 Å². The Hall–Kier alpha value is -4.26. The minimum Gasteiger partial charge on any atom is -0.324 e. The van der Waals surface area contributed by atoms with E-state index in [1.807, 2.05) is 6.07 Å². The van der Waals surface area contributed by atoms with Crippen LogP contribution in [0.4, 0.5) is 16.2 Å². The molecule has 1 aliphatic heterocycles. The lowest BCUT2D eigenvalue weighted by Gasteiger charge is -2.22. The first-order valence-electron chi connectivity index (χ1n) is 8.43. The smallest absolute Gasteiger partial charge is 0.324 e. The standard InChI is InChI=1S/C19H15N5O5/c1-19(13-5-7-15(8-6-13)24(28)29)17(26)23(18(27)22-19)11-16(25)21-14-4-2-3-12(9-14)10-20/h2-9H,11H2,1H3,(H,21,25)(H,22,27)/t19-/m0/s1. The van der Waals surface area contributed by atoms with E-state index in [4.69, 9.17) is 5.26 Å². The molecule has 4 amide bonds. The number of nitro benzene ring substituents is 1. The molecule has 3 rings (SSSR count). The number of benzene rings is 2. The second-order valence-electron chi connectivity index (χ2n) is 6.49. The van der Waals surface area contributed by atoms with E-state index >= 15 is 0 Å². The van der Waals surface area contributed by atoms with Crippen molar-refractivity contribution in [3.63, 3.8) is 0 Å². The molecule has 1 atom stereocenters. The zero-order chi connectivity index (χ0) is 21.2. The van der Waals surface area contributed by atoms with E-state index in [0.717, 1.165) is 4.90 Å². The molecule has 0 aliphatic carbocycles. The quantitative estimate of drug-likeness (QED) is 0.450. The lowest BCUT2D eigenvalue weighted by Crippen LogP contribution is -2.42. The van der Waals surface area contributed by atoms with Gasteiger partial charge in [-0.1, -0.05) is 6.07 Å². The number of anilines is 1. The minimum absolute atomic E-state index is 0.148. The molecule has 10 nitrogen and oxygen atoms in total. The van der Waals surface area contributed by atoms with Crippen LogP contribution in [0.5, 0.6) is 0 Å². The maximum Gasteiger partial charge on any atom is 0.325 e. The Morgan fingerprint density at radius 2 is 1.97 bits per heavy atom. The highest BCUT2D eigenvalue weighted by molar-refractivity contribution is 6.10. The summed E-state index contributed by atoms with van der Waals surface area (Å²) >= 11 is 0. The summed E-state index contributed by atoms with van der Waals surface area (Å²) in [5, 5.41) is 24.8. The Balaban J connectivity index is 1.75.